The maximum absolute atomic E-state index is 14.0. The van der Waals surface area contributed by atoms with E-state index in [1.807, 2.05) is 71.0 Å². The van der Waals surface area contributed by atoms with Crippen molar-refractivity contribution in [2.75, 3.05) is 19.6 Å². The maximum atomic E-state index is 14.0. The molecule has 0 spiro atoms. The summed E-state index contributed by atoms with van der Waals surface area (Å²) in [7, 11) is 0. The Morgan fingerprint density at radius 2 is 1.31 bits per heavy atom. The molecule has 6 nitrogen and oxygen atoms in total. The highest BCUT2D eigenvalue weighted by Crippen LogP contribution is 2.34. The molecular weight excluding hydrogens is 608 g/mol. The summed E-state index contributed by atoms with van der Waals surface area (Å²) in [5, 5.41) is 6.16. The van der Waals surface area contributed by atoms with Gasteiger partial charge in [0.1, 0.15) is 17.2 Å². The number of benzene rings is 4. The molecule has 0 aromatic heterocycles. The van der Waals surface area contributed by atoms with E-state index in [0.29, 0.717) is 13.1 Å². The number of nitrogens with one attached hydrogen (secondary N) is 2. The van der Waals surface area contributed by atoms with E-state index in [1.165, 1.54) is 29.8 Å². The van der Waals surface area contributed by atoms with Crippen molar-refractivity contribution in [3.8, 4) is 22.3 Å². The van der Waals surface area contributed by atoms with Gasteiger partial charge >= 0.3 is 6.09 Å². The molecule has 1 aliphatic heterocycles. The number of carbonyl (C=O) groups excluding carboxylic acids is 2. The maximum Gasteiger partial charge on any atom is 0.407 e. The Morgan fingerprint density at radius 1 is 0.750 bits per heavy atom. The summed E-state index contributed by atoms with van der Waals surface area (Å²) in [5.41, 5.74) is 3.75. The monoisotopic (exact) mass is 653 g/mol. The SMILES string of the molecule is CC(C)(C)OC(=O)NC[C@H]1C[C@@H](CNC(=O)C(C)(C)c2cc(-c3ccc(F)cc3)cc(-c3ccc(F)cc3)c2)N(Cc2ccccc2)C1. The second-order valence-corrected chi connectivity index (χ2v) is 14.2. The smallest absolute Gasteiger partial charge is 0.407 e. The molecule has 48 heavy (non-hydrogen) atoms. The highest BCUT2D eigenvalue weighted by Gasteiger charge is 2.35. The molecule has 0 aliphatic carbocycles. The van der Waals surface area contributed by atoms with Gasteiger partial charge in [0.15, 0.2) is 0 Å². The summed E-state index contributed by atoms with van der Waals surface area (Å²) in [6.45, 7) is 11.7. The number of amides is 2. The van der Waals surface area contributed by atoms with Crippen molar-refractivity contribution in [1.29, 1.82) is 0 Å². The molecule has 0 radical (unpaired) electrons. The Hall–Kier alpha value is -4.56. The lowest BCUT2D eigenvalue weighted by atomic mass is 9.80. The number of likely N-dealkylation sites (tertiary alicyclic amines) is 1. The molecule has 1 heterocycles. The Labute approximate surface area is 282 Å². The minimum Gasteiger partial charge on any atom is -0.444 e. The number of nitrogens with zero attached hydrogens (tertiary/aromatic N) is 1. The lowest BCUT2D eigenvalue weighted by molar-refractivity contribution is -0.125. The van der Waals surface area contributed by atoms with Crippen molar-refractivity contribution >= 4 is 12.0 Å². The highest BCUT2D eigenvalue weighted by atomic mass is 19.1. The van der Waals surface area contributed by atoms with Crippen LogP contribution in [0.3, 0.4) is 0 Å². The van der Waals surface area contributed by atoms with Gasteiger partial charge in [0.2, 0.25) is 5.91 Å². The Bertz CT molecular complexity index is 1640. The summed E-state index contributed by atoms with van der Waals surface area (Å²) in [4.78, 5) is 28.7. The average molecular weight is 654 g/mol. The van der Waals surface area contributed by atoms with Gasteiger partial charge in [0, 0.05) is 32.2 Å². The molecule has 0 bridgehead atoms. The Kier molecular flexibility index (Phi) is 10.6. The molecule has 4 aromatic rings. The number of rotatable bonds is 10. The van der Waals surface area contributed by atoms with Crippen LogP contribution in [0.5, 0.6) is 0 Å². The van der Waals surface area contributed by atoms with E-state index < -0.39 is 17.1 Å². The van der Waals surface area contributed by atoms with Gasteiger partial charge in [-0.05, 0) is 111 Å². The largest absolute Gasteiger partial charge is 0.444 e. The van der Waals surface area contributed by atoms with Crippen LogP contribution in [0.15, 0.2) is 97.1 Å². The minimum absolute atomic E-state index is 0.0655. The first-order valence-corrected chi connectivity index (χ1v) is 16.5. The van der Waals surface area contributed by atoms with E-state index in [4.69, 9.17) is 4.74 Å². The molecule has 8 heteroatoms. The van der Waals surface area contributed by atoms with Crippen molar-refractivity contribution in [2.24, 2.45) is 5.92 Å². The van der Waals surface area contributed by atoms with Gasteiger partial charge in [-0.1, -0.05) is 66.7 Å². The molecule has 1 fully saturated rings. The first-order valence-electron chi connectivity index (χ1n) is 16.5. The van der Waals surface area contributed by atoms with Gasteiger partial charge in [-0.25, -0.2) is 13.6 Å². The normalized spacial score (nSPS) is 16.8. The third kappa shape index (κ3) is 9.07. The van der Waals surface area contributed by atoms with E-state index in [2.05, 4.69) is 27.7 Å². The predicted octanol–water partition coefficient (Wildman–Crippen LogP) is 8.11. The summed E-state index contributed by atoms with van der Waals surface area (Å²) in [6, 6.07) is 28.7. The zero-order valence-corrected chi connectivity index (χ0v) is 28.4. The lowest BCUT2D eigenvalue weighted by Gasteiger charge is -2.29. The van der Waals surface area contributed by atoms with Gasteiger partial charge in [-0.3, -0.25) is 9.69 Å². The molecule has 4 aromatic carbocycles. The van der Waals surface area contributed by atoms with Crippen LogP contribution in [0.25, 0.3) is 22.3 Å². The molecule has 0 unspecified atom stereocenters. The van der Waals surface area contributed by atoms with Crippen LogP contribution in [0, 0.1) is 17.6 Å². The van der Waals surface area contributed by atoms with Crippen molar-refractivity contribution in [3.63, 3.8) is 0 Å². The van der Waals surface area contributed by atoms with Crippen LogP contribution in [0.2, 0.25) is 0 Å². The van der Waals surface area contributed by atoms with E-state index in [1.54, 1.807) is 24.3 Å². The van der Waals surface area contributed by atoms with Crippen LogP contribution in [0.4, 0.5) is 13.6 Å². The number of alkyl carbamates (subject to hydrolysis) is 1. The minimum atomic E-state index is -0.925. The molecule has 1 saturated heterocycles. The molecule has 5 rings (SSSR count). The van der Waals surface area contributed by atoms with E-state index in [9.17, 15) is 18.4 Å². The second kappa shape index (κ2) is 14.7. The number of hydrogen-bond acceptors (Lipinski definition) is 4. The first kappa shape index (κ1) is 34.8. The number of carbonyl (C=O) groups is 2. The third-order valence-corrected chi connectivity index (χ3v) is 8.85. The summed E-state index contributed by atoms with van der Waals surface area (Å²) >= 11 is 0. The fourth-order valence-electron chi connectivity index (χ4n) is 6.17. The Balaban J connectivity index is 1.34. The van der Waals surface area contributed by atoms with Gasteiger partial charge in [-0.15, -0.1) is 0 Å². The fraction of sp³-hybridized carbons (Fsp3) is 0.350. The lowest BCUT2D eigenvalue weighted by Crippen LogP contribution is -2.46. The molecule has 0 saturated carbocycles. The molecule has 252 valence electrons. The number of hydrogen-bond donors (Lipinski definition) is 2. The summed E-state index contributed by atoms with van der Waals surface area (Å²) in [5.74, 6) is -0.588. The average Bonchev–Trinajstić information content (AvgIpc) is 3.43. The van der Waals surface area contributed by atoms with Crippen LogP contribution < -0.4 is 10.6 Å². The van der Waals surface area contributed by atoms with Gasteiger partial charge < -0.3 is 15.4 Å². The van der Waals surface area contributed by atoms with Gasteiger partial charge in [0.05, 0.1) is 5.41 Å². The molecule has 2 atom stereocenters. The van der Waals surface area contributed by atoms with Gasteiger partial charge in [0.25, 0.3) is 0 Å². The molecule has 2 N–H and O–H groups in total. The Morgan fingerprint density at radius 3 is 1.85 bits per heavy atom. The fourth-order valence-corrected chi connectivity index (χ4v) is 6.17. The highest BCUT2D eigenvalue weighted by molar-refractivity contribution is 5.89. The second-order valence-electron chi connectivity index (χ2n) is 14.2. The standard InChI is InChI=1S/C40H45F2N3O3/c1-39(2,3)48-38(47)44-23-28-19-36(45(26-28)25-27-9-7-6-8-10-27)24-43-37(46)40(4,5)33-21-31(29-11-15-34(41)16-12-29)20-32(22-33)30-13-17-35(42)18-14-30/h6-18,20-22,28,36H,19,23-26H2,1-5H3,(H,43,46)(H,44,47)/t28-,36+/m1/s1. The van der Waals surface area contributed by atoms with Crippen LogP contribution in [0.1, 0.15) is 52.2 Å². The zero-order valence-electron chi connectivity index (χ0n) is 28.4. The third-order valence-electron chi connectivity index (χ3n) is 8.85. The number of ether oxygens (including phenoxy) is 1. The van der Waals surface area contributed by atoms with E-state index in [0.717, 1.165) is 47.3 Å². The van der Waals surface area contributed by atoms with E-state index >= 15 is 0 Å². The zero-order chi connectivity index (χ0) is 34.5. The molecule has 2 amide bonds. The topological polar surface area (TPSA) is 70.7 Å². The molecular formula is C40H45F2N3O3. The van der Waals surface area contributed by atoms with Crippen LogP contribution >= 0.6 is 0 Å². The molecule has 1 aliphatic rings. The predicted molar refractivity (Wildman–Crippen MR) is 186 cm³/mol. The quantitative estimate of drug-likeness (QED) is 0.182. The van der Waals surface area contributed by atoms with Crippen LogP contribution in [-0.4, -0.2) is 48.2 Å². The van der Waals surface area contributed by atoms with Gasteiger partial charge in [-0.2, -0.15) is 0 Å². The van der Waals surface area contributed by atoms with E-state index in [-0.39, 0.29) is 29.5 Å². The first-order chi connectivity index (χ1) is 22.8. The van der Waals surface area contributed by atoms with Crippen molar-refractivity contribution in [3.05, 3.63) is 120 Å². The summed E-state index contributed by atoms with van der Waals surface area (Å²) in [6.07, 6.45) is 0.372. The summed E-state index contributed by atoms with van der Waals surface area (Å²) < 4.78 is 33.0. The van der Waals surface area contributed by atoms with Crippen molar-refractivity contribution in [2.45, 2.75) is 64.6 Å². The van der Waals surface area contributed by atoms with Crippen LogP contribution in [-0.2, 0) is 21.5 Å². The number of halogens is 2. The van der Waals surface area contributed by atoms with Crippen molar-refractivity contribution < 1.29 is 23.1 Å². The van der Waals surface area contributed by atoms with Crippen molar-refractivity contribution in [1.82, 2.24) is 15.5 Å².